The van der Waals surface area contributed by atoms with Crippen LogP contribution in [0.4, 0.5) is 0 Å². The fourth-order valence-corrected chi connectivity index (χ4v) is 5.63. The second-order valence-electron chi connectivity index (χ2n) is 11.0. The van der Waals surface area contributed by atoms with Gasteiger partial charge in [-0.2, -0.15) is 0 Å². The third-order valence-electron chi connectivity index (χ3n) is 7.94. The summed E-state index contributed by atoms with van der Waals surface area (Å²) in [4.78, 5) is 24.3. The summed E-state index contributed by atoms with van der Waals surface area (Å²) in [6.07, 6.45) is 7.99. The number of ketones is 1. The maximum absolute atomic E-state index is 13.5. The van der Waals surface area contributed by atoms with Crippen LogP contribution < -0.4 is 39.4 Å². The van der Waals surface area contributed by atoms with E-state index >= 15 is 0 Å². The van der Waals surface area contributed by atoms with E-state index in [1.807, 2.05) is 61.0 Å². The number of ether oxygens (including phenoxy) is 1. The van der Waals surface area contributed by atoms with E-state index in [1.54, 1.807) is 0 Å². The zero-order chi connectivity index (χ0) is 29.7. The second kappa shape index (κ2) is 17.9. The van der Waals surface area contributed by atoms with Crippen LogP contribution in [0.3, 0.4) is 0 Å². The maximum atomic E-state index is 13.5. The minimum absolute atomic E-state index is 0. The first-order valence-corrected chi connectivity index (χ1v) is 15.2. The zero-order valence-electron chi connectivity index (χ0n) is 25.9. The molecule has 1 heterocycles. The Bertz CT molecular complexity index is 1370. The molecule has 0 aliphatic heterocycles. The normalized spacial score (nSPS) is 10.9. The Morgan fingerprint density at radius 1 is 0.791 bits per heavy atom. The Labute approximate surface area is 278 Å². The summed E-state index contributed by atoms with van der Waals surface area (Å²) in [6, 6.07) is 30.6. The van der Waals surface area contributed by atoms with Crippen LogP contribution >= 0.6 is 0 Å². The van der Waals surface area contributed by atoms with Crippen molar-refractivity contribution >= 4 is 11.8 Å². The Morgan fingerprint density at radius 2 is 1.35 bits per heavy atom. The third-order valence-corrected chi connectivity index (χ3v) is 7.94. The molecule has 220 valence electrons. The molecule has 0 saturated heterocycles. The van der Waals surface area contributed by atoms with E-state index in [-0.39, 0.29) is 47.9 Å². The van der Waals surface area contributed by atoms with Gasteiger partial charge in [0, 0.05) is 35.5 Å². The predicted molar refractivity (Wildman–Crippen MR) is 166 cm³/mol. The molecule has 0 radical (unpaired) electrons. The van der Waals surface area contributed by atoms with Gasteiger partial charge in [-0.1, -0.05) is 67.6 Å². The Hall–Kier alpha value is -3.12. The van der Waals surface area contributed by atoms with Gasteiger partial charge in [0.2, 0.25) is 0 Å². The van der Waals surface area contributed by atoms with Gasteiger partial charge in [-0.25, -0.2) is 0 Å². The van der Waals surface area contributed by atoms with E-state index in [9.17, 15) is 14.7 Å². The fourth-order valence-electron chi connectivity index (χ4n) is 5.63. The molecule has 4 aromatic rings. The van der Waals surface area contributed by atoms with Gasteiger partial charge >= 0.3 is 29.6 Å². The fraction of sp³-hybridized carbons (Fsp3) is 0.351. The van der Waals surface area contributed by atoms with Crippen molar-refractivity contribution in [1.29, 1.82) is 0 Å². The first-order valence-electron chi connectivity index (χ1n) is 15.2. The molecule has 6 heteroatoms. The molecule has 1 aromatic heterocycles. The largest absolute Gasteiger partial charge is 1.00 e. The van der Waals surface area contributed by atoms with Gasteiger partial charge in [0.05, 0.1) is 6.10 Å². The molecular weight excluding hydrogens is 545 g/mol. The topological polar surface area (TPSA) is 71.4 Å². The van der Waals surface area contributed by atoms with Crippen LogP contribution in [0.2, 0.25) is 0 Å². The van der Waals surface area contributed by atoms with Crippen molar-refractivity contribution in [2.75, 3.05) is 0 Å². The molecule has 0 unspecified atom stereocenters. The van der Waals surface area contributed by atoms with Crippen molar-refractivity contribution in [3.8, 4) is 5.75 Å². The molecule has 0 N–H and O–H groups in total. The summed E-state index contributed by atoms with van der Waals surface area (Å²) in [5.74, 6) is -0.293. The van der Waals surface area contributed by atoms with Crippen LogP contribution in [0.15, 0.2) is 91.0 Å². The molecule has 0 atom stereocenters. The molecule has 0 spiro atoms. The summed E-state index contributed by atoms with van der Waals surface area (Å²) < 4.78 is 8.52. The van der Waals surface area contributed by atoms with Crippen molar-refractivity contribution in [2.24, 2.45) is 7.05 Å². The van der Waals surface area contributed by atoms with Crippen LogP contribution in [-0.4, -0.2) is 22.4 Å². The quantitative estimate of drug-likeness (QED) is 0.140. The first-order chi connectivity index (χ1) is 20.4. The van der Waals surface area contributed by atoms with Crippen molar-refractivity contribution < 1.29 is 49.0 Å². The van der Waals surface area contributed by atoms with Crippen molar-refractivity contribution in [1.82, 2.24) is 4.57 Å². The van der Waals surface area contributed by atoms with Gasteiger partial charge in [-0.05, 0) is 106 Å². The molecule has 3 aromatic carbocycles. The molecule has 0 bridgehead atoms. The van der Waals surface area contributed by atoms with Crippen LogP contribution in [0.25, 0.3) is 0 Å². The number of aromatic nitrogens is 1. The van der Waals surface area contributed by atoms with Crippen molar-refractivity contribution in [3.05, 3.63) is 125 Å². The monoisotopic (exact) mass is 587 g/mol. The van der Waals surface area contributed by atoms with E-state index in [2.05, 4.69) is 48.5 Å². The van der Waals surface area contributed by atoms with Crippen LogP contribution in [0, 0.1) is 0 Å². The molecular formula is C37H42NNaO4. The number of hydrogen-bond acceptors (Lipinski definition) is 4. The molecule has 4 rings (SSSR count). The standard InChI is InChI=1S/C37H43NO4.Na/c1-3-35-34(27-31(38(35)2)19-12-22-36(39)40)37(41)30-23-25-33(26-24-30)42-32(20-10-17-28-13-6-4-7-14-28)21-11-18-29-15-8-5-9-16-29;/h4-9,13-16,23-27,32H,3,10-12,17-22H2,1-2H3,(H,39,40);/q;+1/p-1. The first kappa shape index (κ1) is 34.4. The number of carboxylic acid groups (broad SMARTS) is 1. The Kier molecular flexibility index (Phi) is 14.3. The number of aryl methyl sites for hydroxylation is 3. The molecule has 43 heavy (non-hydrogen) atoms. The number of carboxylic acids is 1. The van der Waals surface area contributed by atoms with Gasteiger partial charge < -0.3 is 19.2 Å². The number of aliphatic carboxylic acids is 1. The smallest absolute Gasteiger partial charge is 0.550 e. The number of carbonyl (C=O) groups is 2. The Morgan fingerprint density at radius 3 is 1.86 bits per heavy atom. The summed E-state index contributed by atoms with van der Waals surface area (Å²) in [6.45, 7) is 2.03. The molecule has 0 fully saturated rings. The summed E-state index contributed by atoms with van der Waals surface area (Å²) >= 11 is 0. The van der Waals surface area contributed by atoms with Gasteiger partial charge in [-0.3, -0.25) is 4.79 Å². The van der Waals surface area contributed by atoms with Gasteiger partial charge in [0.15, 0.2) is 5.78 Å². The number of benzene rings is 3. The second-order valence-corrected chi connectivity index (χ2v) is 11.0. The van der Waals surface area contributed by atoms with Crippen molar-refractivity contribution in [3.63, 3.8) is 0 Å². The van der Waals surface area contributed by atoms with E-state index < -0.39 is 5.97 Å². The SMILES string of the molecule is CCc1c(C(=O)c2ccc(OC(CCCc3ccccc3)CCCc3ccccc3)cc2)cc(CCCC(=O)[O-])n1C.[Na+]. The summed E-state index contributed by atoms with van der Waals surface area (Å²) in [7, 11) is 1.94. The van der Waals surface area contributed by atoms with Gasteiger partial charge in [0.25, 0.3) is 0 Å². The van der Waals surface area contributed by atoms with Gasteiger partial charge in [0.1, 0.15) is 5.75 Å². The third kappa shape index (κ3) is 10.5. The molecule has 5 nitrogen and oxygen atoms in total. The van der Waals surface area contributed by atoms with E-state index in [0.29, 0.717) is 30.4 Å². The predicted octanol–water partition coefficient (Wildman–Crippen LogP) is 3.69. The number of nitrogens with zero attached hydrogens (tertiary/aromatic N) is 1. The molecule has 0 amide bonds. The van der Waals surface area contributed by atoms with E-state index in [0.717, 1.165) is 55.7 Å². The number of rotatable bonds is 17. The average molecular weight is 588 g/mol. The minimum Gasteiger partial charge on any atom is -0.550 e. The average Bonchev–Trinajstić information content (AvgIpc) is 3.32. The molecule has 0 aliphatic rings. The Balaban J connectivity index is 0.00000506. The maximum Gasteiger partial charge on any atom is 1.00 e. The summed E-state index contributed by atoms with van der Waals surface area (Å²) in [5, 5.41) is 10.8. The molecule has 0 aliphatic carbocycles. The van der Waals surface area contributed by atoms with Crippen LogP contribution in [0.1, 0.15) is 83.9 Å². The van der Waals surface area contributed by atoms with Crippen LogP contribution in [0.5, 0.6) is 5.75 Å². The van der Waals surface area contributed by atoms with Crippen LogP contribution in [-0.2, 0) is 37.5 Å². The van der Waals surface area contributed by atoms with E-state index in [4.69, 9.17) is 4.74 Å². The number of carbonyl (C=O) groups excluding carboxylic acids is 2. The minimum atomic E-state index is -1.05. The molecule has 0 saturated carbocycles. The number of hydrogen-bond donors (Lipinski definition) is 0. The summed E-state index contributed by atoms with van der Waals surface area (Å²) in [5.41, 5.74) is 5.91. The zero-order valence-corrected chi connectivity index (χ0v) is 27.9. The van der Waals surface area contributed by atoms with E-state index in [1.165, 1.54) is 11.1 Å². The van der Waals surface area contributed by atoms with Gasteiger partial charge in [-0.15, -0.1) is 0 Å². The van der Waals surface area contributed by atoms with Crippen molar-refractivity contribution in [2.45, 2.75) is 77.2 Å².